The van der Waals surface area contributed by atoms with Gasteiger partial charge in [-0.15, -0.1) is 0 Å². The zero-order valence-corrected chi connectivity index (χ0v) is 12.3. The first-order valence-electron chi connectivity index (χ1n) is 7.39. The fourth-order valence-corrected chi connectivity index (χ4v) is 1.88. The minimum absolute atomic E-state index is 0.350. The Morgan fingerprint density at radius 3 is 1.60 bits per heavy atom. The summed E-state index contributed by atoms with van der Waals surface area (Å²) in [6.45, 7) is 4.87. The molecule has 1 rings (SSSR count). The molecule has 20 heavy (non-hydrogen) atoms. The Morgan fingerprint density at radius 2 is 1.25 bits per heavy atom. The van der Waals surface area contributed by atoms with Crippen LogP contribution in [0.25, 0.3) is 0 Å². The minimum Gasteiger partial charge on any atom is -0.465 e. The Labute approximate surface area is 120 Å². The number of allylic oxidation sites excluding steroid dienone is 2. The smallest absolute Gasteiger partial charge is 0.314 e. The highest BCUT2D eigenvalue weighted by atomic mass is 16.5. The zero-order valence-electron chi connectivity index (χ0n) is 12.3. The molecule has 0 fully saturated rings. The van der Waals surface area contributed by atoms with Crippen molar-refractivity contribution >= 4 is 11.9 Å². The lowest BCUT2D eigenvalue weighted by Gasteiger charge is -2.21. The summed E-state index contributed by atoms with van der Waals surface area (Å²) in [6, 6.07) is 0. The van der Waals surface area contributed by atoms with Crippen LogP contribution in [0.3, 0.4) is 0 Å². The van der Waals surface area contributed by atoms with Gasteiger partial charge in [-0.1, -0.05) is 51.0 Å². The van der Waals surface area contributed by atoms with Gasteiger partial charge in [-0.2, -0.15) is 0 Å². The highest BCUT2D eigenvalue weighted by molar-refractivity contribution is 5.85. The number of carbonyl (C=O) groups is 2. The zero-order chi connectivity index (χ0) is 14.8. The molecule has 0 saturated carbocycles. The van der Waals surface area contributed by atoms with Gasteiger partial charge in [0, 0.05) is 0 Å². The Kier molecular flexibility index (Phi) is 7.70. The Hall–Kier alpha value is -1.58. The largest absolute Gasteiger partial charge is 0.465 e. The average molecular weight is 280 g/mol. The molecular formula is C16H24O4. The fraction of sp³-hybridized carbons (Fsp3) is 0.625. The Morgan fingerprint density at radius 1 is 0.850 bits per heavy atom. The molecule has 112 valence electrons. The second kappa shape index (κ2) is 9.34. The molecule has 0 N–H and O–H groups in total. The average Bonchev–Trinajstić information content (AvgIpc) is 2.47. The van der Waals surface area contributed by atoms with Crippen molar-refractivity contribution in [2.45, 2.75) is 39.5 Å². The highest BCUT2D eigenvalue weighted by Gasteiger charge is 2.33. The predicted molar refractivity (Wildman–Crippen MR) is 77.0 cm³/mol. The summed E-state index contributed by atoms with van der Waals surface area (Å²) in [5.41, 5.74) is 0. The van der Waals surface area contributed by atoms with Crippen molar-refractivity contribution < 1.29 is 19.1 Å². The maximum Gasteiger partial charge on any atom is 0.314 e. The monoisotopic (exact) mass is 280 g/mol. The molecule has 0 bridgehead atoms. The van der Waals surface area contributed by atoms with Crippen molar-refractivity contribution in [1.82, 2.24) is 0 Å². The summed E-state index contributed by atoms with van der Waals surface area (Å²) < 4.78 is 10.4. The van der Waals surface area contributed by atoms with Gasteiger partial charge in [0.05, 0.1) is 25.0 Å². The van der Waals surface area contributed by atoms with Crippen LogP contribution >= 0.6 is 0 Å². The number of carbonyl (C=O) groups excluding carboxylic acids is 2. The van der Waals surface area contributed by atoms with Crippen LogP contribution in [0.5, 0.6) is 0 Å². The van der Waals surface area contributed by atoms with Gasteiger partial charge in [0.1, 0.15) is 0 Å². The van der Waals surface area contributed by atoms with E-state index in [1.807, 2.05) is 13.8 Å². The lowest BCUT2D eigenvalue weighted by atomic mass is 9.88. The molecule has 0 heterocycles. The van der Waals surface area contributed by atoms with Crippen LogP contribution < -0.4 is 0 Å². The van der Waals surface area contributed by atoms with Crippen molar-refractivity contribution in [1.29, 1.82) is 0 Å². The number of esters is 2. The van der Waals surface area contributed by atoms with Crippen LogP contribution in [0.1, 0.15) is 39.5 Å². The Bertz CT molecular complexity index is 335. The standard InChI is InChI=1S/C16H24O4/c1-3-5-11-19-15(17)13-9-7-8-10-14(13)16(18)20-12-6-4-2/h7-10,13-14H,3-6,11-12H2,1-2H3/t13-,14-/m1/s1. The molecule has 0 aromatic carbocycles. The van der Waals surface area contributed by atoms with Gasteiger partial charge in [0.25, 0.3) is 0 Å². The van der Waals surface area contributed by atoms with E-state index >= 15 is 0 Å². The molecular weight excluding hydrogens is 256 g/mol. The first-order chi connectivity index (χ1) is 9.70. The number of unbranched alkanes of at least 4 members (excludes halogenated alkanes) is 2. The van der Waals surface area contributed by atoms with Crippen molar-refractivity contribution in [2.75, 3.05) is 13.2 Å². The van der Waals surface area contributed by atoms with Gasteiger partial charge < -0.3 is 9.47 Å². The summed E-state index contributed by atoms with van der Waals surface area (Å²) in [6.07, 6.45) is 10.6. The lowest BCUT2D eigenvalue weighted by Crippen LogP contribution is -2.31. The summed E-state index contributed by atoms with van der Waals surface area (Å²) >= 11 is 0. The molecule has 0 aromatic heterocycles. The van der Waals surface area contributed by atoms with Crippen LogP contribution in [0.15, 0.2) is 24.3 Å². The molecule has 1 aliphatic carbocycles. The van der Waals surface area contributed by atoms with Gasteiger partial charge >= 0.3 is 11.9 Å². The predicted octanol–water partition coefficient (Wildman–Crippen LogP) is 3.03. The van der Waals surface area contributed by atoms with E-state index < -0.39 is 11.8 Å². The van der Waals surface area contributed by atoms with Crippen LogP contribution in [-0.2, 0) is 19.1 Å². The van der Waals surface area contributed by atoms with E-state index in [2.05, 4.69) is 0 Å². The van der Waals surface area contributed by atoms with E-state index in [4.69, 9.17) is 9.47 Å². The SMILES string of the molecule is CCCCOC(=O)[C@@H]1C=CC=C[C@H]1C(=O)OCCCC. The summed E-state index contributed by atoms with van der Waals surface area (Å²) in [5, 5.41) is 0. The molecule has 0 spiro atoms. The third-order valence-corrected chi connectivity index (χ3v) is 3.16. The van der Waals surface area contributed by atoms with Crippen molar-refractivity contribution in [3.8, 4) is 0 Å². The molecule has 0 amide bonds. The fourth-order valence-electron chi connectivity index (χ4n) is 1.88. The molecule has 0 radical (unpaired) electrons. The summed E-state index contributed by atoms with van der Waals surface area (Å²) in [4.78, 5) is 24.0. The van der Waals surface area contributed by atoms with Gasteiger partial charge in [0.15, 0.2) is 0 Å². The Balaban J connectivity index is 2.54. The first-order valence-corrected chi connectivity index (χ1v) is 7.39. The van der Waals surface area contributed by atoms with Gasteiger partial charge in [-0.05, 0) is 12.8 Å². The van der Waals surface area contributed by atoms with Crippen LogP contribution in [0.2, 0.25) is 0 Å². The quantitative estimate of drug-likeness (QED) is 0.506. The van der Waals surface area contributed by atoms with Crippen LogP contribution in [0, 0.1) is 11.8 Å². The highest BCUT2D eigenvalue weighted by Crippen LogP contribution is 2.23. The molecule has 0 aromatic rings. The molecule has 0 unspecified atom stereocenters. The first kappa shape index (κ1) is 16.5. The lowest BCUT2D eigenvalue weighted by molar-refractivity contribution is -0.157. The summed E-state index contributed by atoms with van der Waals surface area (Å²) in [7, 11) is 0. The topological polar surface area (TPSA) is 52.6 Å². The van der Waals surface area contributed by atoms with Crippen molar-refractivity contribution in [3.05, 3.63) is 24.3 Å². The maximum atomic E-state index is 12.0. The maximum absolute atomic E-state index is 12.0. The van der Waals surface area contributed by atoms with E-state index in [9.17, 15) is 9.59 Å². The second-order valence-corrected chi connectivity index (χ2v) is 4.86. The van der Waals surface area contributed by atoms with Crippen LogP contribution in [0.4, 0.5) is 0 Å². The number of hydrogen-bond donors (Lipinski definition) is 0. The number of hydrogen-bond acceptors (Lipinski definition) is 4. The molecule has 4 nitrogen and oxygen atoms in total. The number of ether oxygens (including phenoxy) is 2. The van der Waals surface area contributed by atoms with Crippen LogP contribution in [-0.4, -0.2) is 25.2 Å². The normalized spacial score (nSPS) is 20.7. The second-order valence-electron chi connectivity index (χ2n) is 4.86. The summed E-state index contributed by atoms with van der Waals surface area (Å²) in [5.74, 6) is -1.83. The van der Waals surface area contributed by atoms with Gasteiger partial charge in [-0.25, -0.2) is 0 Å². The number of rotatable bonds is 8. The third-order valence-electron chi connectivity index (χ3n) is 3.16. The molecule has 4 heteroatoms. The molecule has 2 atom stereocenters. The van der Waals surface area contributed by atoms with E-state index in [0.29, 0.717) is 13.2 Å². The van der Waals surface area contributed by atoms with E-state index in [1.54, 1.807) is 24.3 Å². The third kappa shape index (κ3) is 5.19. The van der Waals surface area contributed by atoms with E-state index in [-0.39, 0.29) is 11.9 Å². The van der Waals surface area contributed by atoms with Gasteiger partial charge in [0.2, 0.25) is 0 Å². The van der Waals surface area contributed by atoms with Crippen molar-refractivity contribution in [3.63, 3.8) is 0 Å². The van der Waals surface area contributed by atoms with E-state index in [1.165, 1.54) is 0 Å². The van der Waals surface area contributed by atoms with Gasteiger partial charge in [-0.3, -0.25) is 9.59 Å². The van der Waals surface area contributed by atoms with E-state index in [0.717, 1.165) is 25.7 Å². The molecule has 0 aliphatic heterocycles. The minimum atomic E-state index is -0.564. The molecule has 0 saturated heterocycles. The van der Waals surface area contributed by atoms with Crippen molar-refractivity contribution in [2.24, 2.45) is 11.8 Å². The molecule has 1 aliphatic rings.